The number of pyridine rings is 1. The second-order valence-electron chi connectivity index (χ2n) is 12.1. The Morgan fingerprint density at radius 3 is 2.48 bits per heavy atom. The molecular formula is C35H39N5O6. The Bertz CT molecular complexity index is 1560. The van der Waals surface area contributed by atoms with E-state index in [9.17, 15) is 19.2 Å². The predicted molar refractivity (Wildman–Crippen MR) is 169 cm³/mol. The molecule has 7 rings (SSSR count). The molecule has 5 heterocycles. The lowest BCUT2D eigenvalue weighted by Crippen LogP contribution is -2.45. The van der Waals surface area contributed by atoms with Gasteiger partial charge in [-0.25, -0.2) is 0 Å². The molecule has 0 spiro atoms. The van der Waals surface area contributed by atoms with Crippen molar-refractivity contribution < 1.29 is 28.7 Å². The quantitative estimate of drug-likeness (QED) is 0.456. The largest absolute Gasteiger partial charge is 0.486 e. The van der Waals surface area contributed by atoms with Crippen molar-refractivity contribution in [3.8, 4) is 11.5 Å². The van der Waals surface area contributed by atoms with E-state index in [1.807, 2.05) is 41.3 Å². The molecule has 4 aliphatic rings. The van der Waals surface area contributed by atoms with Gasteiger partial charge in [-0.3, -0.25) is 24.2 Å². The average molecular weight is 626 g/mol. The maximum absolute atomic E-state index is 13.8. The third-order valence-corrected chi connectivity index (χ3v) is 8.67. The minimum Gasteiger partial charge on any atom is -0.486 e. The fourth-order valence-electron chi connectivity index (χ4n) is 6.10. The van der Waals surface area contributed by atoms with Crippen molar-refractivity contribution in [2.45, 2.75) is 57.2 Å². The van der Waals surface area contributed by atoms with E-state index in [-0.39, 0.29) is 42.2 Å². The molecule has 3 aromatic rings. The predicted octanol–water partition coefficient (Wildman–Crippen LogP) is 3.13. The highest BCUT2D eigenvalue weighted by atomic mass is 16.5. The summed E-state index contributed by atoms with van der Waals surface area (Å²) < 4.78 is 12.2. The third-order valence-electron chi connectivity index (χ3n) is 8.67. The second kappa shape index (κ2) is 14.4. The van der Waals surface area contributed by atoms with E-state index in [2.05, 4.69) is 15.6 Å². The summed E-state index contributed by atoms with van der Waals surface area (Å²) in [5.41, 5.74) is 2.40. The zero-order valence-corrected chi connectivity index (χ0v) is 25.8. The zero-order valence-electron chi connectivity index (χ0n) is 25.8. The van der Waals surface area contributed by atoms with E-state index in [0.717, 1.165) is 36.8 Å². The fraction of sp³-hybridized carbons (Fsp3) is 0.400. The summed E-state index contributed by atoms with van der Waals surface area (Å²) >= 11 is 0. The van der Waals surface area contributed by atoms with Crippen LogP contribution >= 0.6 is 0 Å². The molecule has 0 radical (unpaired) electrons. The van der Waals surface area contributed by atoms with Gasteiger partial charge in [-0.05, 0) is 66.8 Å². The van der Waals surface area contributed by atoms with Gasteiger partial charge in [0.25, 0.3) is 17.7 Å². The minimum atomic E-state index is -0.511. The van der Waals surface area contributed by atoms with Crippen LogP contribution in [0.3, 0.4) is 0 Å². The normalized spacial score (nSPS) is 20.3. The first-order chi connectivity index (χ1) is 22.4. The van der Waals surface area contributed by atoms with Gasteiger partial charge in [0.2, 0.25) is 5.91 Å². The average Bonchev–Trinajstić information content (AvgIpc) is 3.27. The number of aromatic nitrogens is 1. The second-order valence-corrected chi connectivity index (χ2v) is 12.1. The Balaban J connectivity index is 1.26. The number of likely N-dealkylation sites (tertiary alicyclic amines) is 2. The summed E-state index contributed by atoms with van der Waals surface area (Å²) in [5, 5.41) is 5.91. The Morgan fingerprint density at radius 1 is 0.913 bits per heavy atom. The molecule has 2 saturated heterocycles. The van der Waals surface area contributed by atoms with E-state index in [4.69, 9.17) is 9.47 Å². The van der Waals surface area contributed by atoms with Crippen LogP contribution < -0.4 is 20.1 Å². The van der Waals surface area contributed by atoms with Gasteiger partial charge in [-0.1, -0.05) is 31.0 Å². The van der Waals surface area contributed by atoms with Crippen LogP contribution in [0.15, 0.2) is 67.0 Å². The molecule has 2 fully saturated rings. The number of aryl methyl sites for hydroxylation is 1. The summed E-state index contributed by atoms with van der Waals surface area (Å²) in [4.78, 5) is 60.9. The number of hydrogen-bond donors (Lipinski definition) is 2. The first-order valence-corrected chi connectivity index (χ1v) is 16.0. The van der Waals surface area contributed by atoms with Crippen LogP contribution in [0.1, 0.15) is 63.9 Å². The minimum absolute atomic E-state index is 0.0387. The number of rotatable bonds is 4. The smallest absolute Gasteiger partial charge is 0.258 e. The number of carbonyl (C=O) groups excluding carboxylic acids is 4. The number of benzene rings is 2. The molecule has 240 valence electrons. The number of nitrogens with one attached hydrogen (secondary N) is 2. The molecule has 11 heteroatoms. The van der Waals surface area contributed by atoms with E-state index in [1.165, 1.54) is 6.07 Å². The van der Waals surface area contributed by atoms with Gasteiger partial charge in [-0.15, -0.1) is 0 Å². The Morgan fingerprint density at radius 2 is 1.72 bits per heavy atom. The van der Waals surface area contributed by atoms with Crippen LogP contribution in [-0.2, 0) is 22.6 Å². The lowest BCUT2D eigenvalue weighted by molar-refractivity contribution is -0.130. The zero-order chi connectivity index (χ0) is 31.9. The van der Waals surface area contributed by atoms with Crippen LogP contribution in [0, 0.1) is 0 Å². The van der Waals surface area contributed by atoms with Crippen molar-refractivity contribution in [1.82, 2.24) is 25.4 Å². The van der Waals surface area contributed by atoms with E-state index in [0.29, 0.717) is 50.3 Å². The fourth-order valence-corrected chi connectivity index (χ4v) is 6.10. The highest BCUT2D eigenvalue weighted by molar-refractivity contribution is 6.00. The summed E-state index contributed by atoms with van der Waals surface area (Å²) in [6.07, 6.45) is 7.82. The van der Waals surface area contributed by atoms with Crippen LogP contribution in [0.5, 0.6) is 11.5 Å². The molecule has 2 atom stereocenters. The lowest BCUT2D eigenvalue weighted by atomic mass is 10.1. The Labute approximate surface area is 268 Å². The number of ether oxygens (including phenoxy) is 2. The molecule has 4 bridgehead atoms. The maximum atomic E-state index is 13.8. The van der Waals surface area contributed by atoms with E-state index < -0.39 is 18.1 Å². The van der Waals surface area contributed by atoms with Crippen molar-refractivity contribution in [1.29, 1.82) is 0 Å². The standard InChI is InChI=1S/C35H39N5O6/c41-32-23-45-29-17-26(16-27(18-29)35(44)39-14-3-1-2-4-15-39)34(43)38-30-21-40(33(42)12-9-24-6-5-13-36-19-24)22-31(30)46-28-10-7-25(8-11-28)20-37-32/h5-8,10-11,13,16-19,30-31H,1-4,9,12,14-15,20-23H2,(H,37,41)(H,38,43)/t30-,31-/m0/s1. The number of nitrogens with zero attached hydrogens (tertiary/aromatic N) is 3. The SMILES string of the molecule is O=C1COc2cc(cc(C(=O)N3CCCCCC3)c2)C(=O)N[C@H]2CN(C(=O)CCc3cccnc3)C[C@@H]2Oc2ccc(cc2)CN1. The number of hydrogen-bond acceptors (Lipinski definition) is 7. The van der Waals surface area contributed by atoms with Crippen LogP contribution in [0.25, 0.3) is 0 Å². The van der Waals surface area contributed by atoms with Gasteiger partial charge in [-0.2, -0.15) is 0 Å². The molecule has 4 amide bonds. The molecule has 2 N–H and O–H groups in total. The molecule has 1 aromatic heterocycles. The van der Waals surface area contributed by atoms with E-state index in [1.54, 1.807) is 29.4 Å². The topological polar surface area (TPSA) is 130 Å². The van der Waals surface area contributed by atoms with Gasteiger partial charge < -0.3 is 29.9 Å². The van der Waals surface area contributed by atoms with Gasteiger partial charge in [0.1, 0.15) is 17.6 Å². The van der Waals surface area contributed by atoms with Crippen molar-refractivity contribution in [2.75, 3.05) is 32.8 Å². The summed E-state index contributed by atoms with van der Waals surface area (Å²) in [6, 6.07) is 15.3. The van der Waals surface area contributed by atoms with Gasteiger partial charge in [0.05, 0.1) is 12.6 Å². The lowest BCUT2D eigenvalue weighted by Gasteiger charge is -2.22. The van der Waals surface area contributed by atoms with Crippen LogP contribution in [0.2, 0.25) is 0 Å². The maximum Gasteiger partial charge on any atom is 0.258 e. The molecule has 46 heavy (non-hydrogen) atoms. The van der Waals surface area contributed by atoms with Gasteiger partial charge in [0.15, 0.2) is 6.61 Å². The molecule has 4 aliphatic heterocycles. The van der Waals surface area contributed by atoms with Gasteiger partial charge >= 0.3 is 0 Å². The summed E-state index contributed by atoms with van der Waals surface area (Å²) in [6.45, 7) is 1.90. The molecule has 2 aromatic carbocycles. The van der Waals surface area contributed by atoms with E-state index >= 15 is 0 Å². The Kier molecular flexibility index (Phi) is 9.76. The van der Waals surface area contributed by atoms with Gasteiger partial charge in [0, 0.05) is 56.1 Å². The monoisotopic (exact) mass is 625 g/mol. The summed E-state index contributed by atoms with van der Waals surface area (Å²) in [5.74, 6) is -0.135. The highest BCUT2D eigenvalue weighted by Crippen LogP contribution is 2.24. The molecular weight excluding hydrogens is 586 g/mol. The molecule has 0 aliphatic carbocycles. The van der Waals surface area contributed by atoms with Crippen molar-refractivity contribution in [3.63, 3.8) is 0 Å². The first kappa shape index (κ1) is 31.1. The van der Waals surface area contributed by atoms with Crippen molar-refractivity contribution in [2.24, 2.45) is 0 Å². The van der Waals surface area contributed by atoms with Crippen molar-refractivity contribution in [3.05, 3.63) is 89.2 Å². The Hall–Kier alpha value is -4.93. The molecule has 0 unspecified atom stereocenters. The summed E-state index contributed by atoms with van der Waals surface area (Å²) in [7, 11) is 0. The number of amides is 4. The van der Waals surface area contributed by atoms with Crippen LogP contribution in [-0.4, -0.2) is 83.3 Å². The number of fused-ring (bicyclic) bond motifs is 7. The van der Waals surface area contributed by atoms with Crippen molar-refractivity contribution >= 4 is 23.6 Å². The highest BCUT2D eigenvalue weighted by Gasteiger charge is 2.38. The third kappa shape index (κ3) is 7.82. The van der Waals surface area contributed by atoms with Crippen LogP contribution in [0.4, 0.5) is 0 Å². The molecule has 0 saturated carbocycles. The molecule has 11 nitrogen and oxygen atoms in total. The first-order valence-electron chi connectivity index (χ1n) is 16.0. The number of carbonyl (C=O) groups is 4.